The van der Waals surface area contributed by atoms with E-state index in [0.717, 1.165) is 65.5 Å². The van der Waals surface area contributed by atoms with Gasteiger partial charge in [-0.05, 0) is 99.4 Å². The Morgan fingerprint density at radius 3 is 0.919 bits per heavy atom. The van der Waals surface area contributed by atoms with Crippen LogP contribution in [0.3, 0.4) is 0 Å². The Morgan fingerprint density at radius 2 is 0.784 bits per heavy atom. The highest BCUT2D eigenvalue weighted by molar-refractivity contribution is 5.87. The van der Waals surface area contributed by atoms with Crippen molar-refractivity contribution in [2.45, 2.75) is 26.2 Å². The molecule has 0 aliphatic heterocycles. The molecular formula is C26H52N6O5. The fourth-order valence-corrected chi connectivity index (χ4v) is 2.04. The van der Waals surface area contributed by atoms with Gasteiger partial charge in [0.15, 0.2) is 0 Å². The van der Waals surface area contributed by atoms with Crippen LogP contribution >= 0.6 is 0 Å². The van der Waals surface area contributed by atoms with Crippen molar-refractivity contribution in [2.24, 2.45) is 0 Å². The maximum atomic E-state index is 10.6. The van der Waals surface area contributed by atoms with Gasteiger partial charge in [0.05, 0.1) is 0 Å². The maximum absolute atomic E-state index is 10.6. The topological polar surface area (TPSA) is 134 Å². The van der Waals surface area contributed by atoms with Crippen molar-refractivity contribution in [3.63, 3.8) is 0 Å². The number of hydrogen-bond donors (Lipinski definition) is 4. The molecule has 0 fully saturated rings. The molecule has 0 heterocycles. The summed E-state index contributed by atoms with van der Waals surface area (Å²) in [7, 11) is 12.1. The minimum Gasteiger partial charge on any atom is -0.481 e. The summed E-state index contributed by atoms with van der Waals surface area (Å²) >= 11 is 0. The molecule has 0 saturated carbocycles. The Balaban J connectivity index is -0.000000205. The smallest absolute Gasteiger partial charge is 0.300 e. The SMILES string of the molecule is C=CC(=O)NCCCN(C)C.C=CC(=O)NCCCN(C)C.C=CC(=O)NCCCN(C)C.CC(=O)O. The van der Waals surface area contributed by atoms with Crippen LogP contribution in [0.4, 0.5) is 0 Å². The third-order valence-electron chi connectivity index (χ3n) is 3.80. The van der Waals surface area contributed by atoms with Gasteiger partial charge in [-0.25, -0.2) is 0 Å². The highest BCUT2D eigenvalue weighted by atomic mass is 16.4. The zero-order chi connectivity index (χ0) is 29.6. The molecule has 0 aliphatic carbocycles. The number of nitrogens with one attached hydrogen (secondary N) is 3. The molecule has 0 unspecified atom stereocenters. The van der Waals surface area contributed by atoms with Crippen LogP contribution < -0.4 is 16.0 Å². The van der Waals surface area contributed by atoms with Crippen molar-refractivity contribution < 1.29 is 24.3 Å². The van der Waals surface area contributed by atoms with Gasteiger partial charge in [-0.1, -0.05) is 19.7 Å². The predicted octanol–water partition coefficient (Wildman–Crippen LogP) is 0.812. The van der Waals surface area contributed by atoms with E-state index in [9.17, 15) is 14.4 Å². The molecule has 0 aromatic heterocycles. The molecule has 216 valence electrons. The van der Waals surface area contributed by atoms with Crippen molar-refractivity contribution >= 4 is 23.7 Å². The summed E-state index contributed by atoms with van der Waals surface area (Å²) in [6.07, 6.45) is 6.80. The Labute approximate surface area is 224 Å². The number of amides is 3. The third-order valence-corrected chi connectivity index (χ3v) is 3.80. The molecule has 0 atom stereocenters. The first kappa shape index (κ1) is 41.1. The van der Waals surface area contributed by atoms with Crippen LogP contribution in [0, 0.1) is 0 Å². The summed E-state index contributed by atoms with van der Waals surface area (Å²) in [6, 6.07) is 0. The van der Waals surface area contributed by atoms with Crippen molar-refractivity contribution in [3.05, 3.63) is 38.0 Å². The van der Waals surface area contributed by atoms with E-state index in [-0.39, 0.29) is 17.7 Å². The van der Waals surface area contributed by atoms with Gasteiger partial charge in [-0.2, -0.15) is 0 Å². The molecule has 0 aromatic rings. The van der Waals surface area contributed by atoms with E-state index in [4.69, 9.17) is 9.90 Å². The molecule has 0 aromatic carbocycles. The fourth-order valence-electron chi connectivity index (χ4n) is 2.04. The molecule has 37 heavy (non-hydrogen) atoms. The molecule has 0 spiro atoms. The Bertz CT molecular complexity index is 557. The third kappa shape index (κ3) is 55.0. The Hall–Kier alpha value is -3.02. The van der Waals surface area contributed by atoms with Crippen LogP contribution in [0.1, 0.15) is 26.2 Å². The van der Waals surface area contributed by atoms with Gasteiger partial charge in [-0.15, -0.1) is 0 Å². The molecule has 0 radical (unpaired) electrons. The van der Waals surface area contributed by atoms with Crippen molar-refractivity contribution in [1.29, 1.82) is 0 Å². The first-order chi connectivity index (χ1) is 17.2. The van der Waals surface area contributed by atoms with Crippen LogP contribution in [0.5, 0.6) is 0 Å². The lowest BCUT2D eigenvalue weighted by Gasteiger charge is -2.08. The largest absolute Gasteiger partial charge is 0.481 e. The molecule has 0 bridgehead atoms. The van der Waals surface area contributed by atoms with Crippen LogP contribution in [-0.4, -0.2) is 125 Å². The van der Waals surface area contributed by atoms with Crippen LogP contribution in [-0.2, 0) is 19.2 Å². The van der Waals surface area contributed by atoms with E-state index in [2.05, 4.69) is 50.4 Å². The number of carbonyl (C=O) groups is 4. The fraction of sp³-hybridized carbons (Fsp3) is 0.615. The summed E-state index contributed by atoms with van der Waals surface area (Å²) in [6.45, 7) is 16.3. The lowest BCUT2D eigenvalue weighted by molar-refractivity contribution is -0.134. The first-order valence-corrected chi connectivity index (χ1v) is 12.1. The second-order valence-corrected chi connectivity index (χ2v) is 8.47. The average molecular weight is 529 g/mol. The Kier molecular flexibility index (Phi) is 34.5. The van der Waals surface area contributed by atoms with Crippen LogP contribution in [0.15, 0.2) is 38.0 Å². The van der Waals surface area contributed by atoms with Gasteiger partial charge in [-0.3, -0.25) is 19.2 Å². The predicted molar refractivity (Wildman–Crippen MR) is 152 cm³/mol. The standard InChI is InChI=1S/3C8H16N2O.C2H4O2/c3*1-4-8(11)9-6-5-7-10(2)3;1-2(3)4/h3*4H,1,5-7H2,2-3H3,(H,9,11);1H3,(H,3,4). The summed E-state index contributed by atoms with van der Waals surface area (Å²) < 4.78 is 0. The molecule has 0 rings (SSSR count). The molecule has 3 amide bonds. The highest BCUT2D eigenvalue weighted by Crippen LogP contribution is 1.82. The Morgan fingerprint density at radius 1 is 0.595 bits per heavy atom. The summed E-state index contributed by atoms with van der Waals surface area (Å²) in [5.74, 6) is -1.11. The van der Waals surface area contributed by atoms with Crippen molar-refractivity contribution in [1.82, 2.24) is 30.7 Å². The summed E-state index contributed by atoms with van der Waals surface area (Å²) in [5.41, 5.74) is 0. The monoisotopic (exact) mass is 528 g/mol. The molecule has 11 heteroatoms. The van der Waals surface area contributed by atoms with Gasteiger partial charge in [0.25, 0.3) is 5.97 Å². The second kappa shape index (κ2) is 31.0. The lowest BCUT2D eigenvalue weighted by atomic mass is 10.4. The first-order valence-electron chi connectivity index (χ1n) is 12.1. The van der Waals surface area contributed by atoms with E-state index in [1.165, 1.54) is 18.2 Å². The zero-order valence-corrected chi connectivity index (χ0v) is 24.1. The number of rotatable bonds is 15. The number of carboxylic acid groups (broad SMARTS) is 1. The average Bonchev–Trinajstić information content (AvgIpc) is 2.81. The van der Waals surface area contributed by atoms with Gasteiger partial charge < -0.3 is 35.8 Å². The lowest BCUT2D eigenvalue weighted by Crippen LogP contribution is -2.25. The molecule has 0 aliphatic rings. The molecule has 0 saturated heterocycles. The van der Waals surface area contributed by atoms with Crippen molar-refractivity contribution in [3.8, 4) is 0 Å². The van der Waals surface area contributed by atoms with E-state index < -0.39 is 5.97 Å². The molecule has 11 nitrogen and oxygen atoms in total. The number of carbonyl (C=O) groups excluding carboxylic acids is 3. The number of nitrogens with zero attached hydrogens (tertiary/aromatic N) is 3. The van der Waals surface area contributed by atoms with Crippen molar-refractivity contribution in [2.75, 3.05) is 81.6 Å². The molecular weight excluding hydrogens is 476 g/mol. The van der Waals surface area contributed by atoms with Gasteiger partial charge in [0, 0.05) is 26.6 Å². The number of carboxylic acids is 1. The van der Waals surface area contributed by atoms with E-state index in [0.29, 0.717) is 0 Å². The normalized spacial score (nSPS) is 9.35. The van der Waals surface area contributed by atoms with E-state index >= 15 is 0 Å². The number of aliphatic carboxylic acids is 1. The second-order valence-electron chi connectivity index (χ2n) is 8.47. The highest BCUT2D eigenvalue weighted by Gasteiger charge is 1.94. The van der Waals surface area contributed by atoms with Crippen LogP contribution in [0.2, 0.25) is 0 Å². The maximum Gasteiger partial charge on any atom is 0.300 e. The van der Waals surface area contributed by atoms with Gasteiger partial charge in [0.1, 0.15) is 0 Å². The van der Waals surface area contributed by atoms with E-state index in [1.54, 1.807) is 0 Å². The zero-order valence-electron chi connectivity index (χ0n) is 24.1. The summed E-state index contributed by atoms with van der Waals surface area (Å²) in [4.78, 5) is 47.1. The van der Waals surface area contributed by atoms with E-state index in [1.807, 2.05) is 42.3 Å². The quantitative estimate of drug-likeness (QED) is 0.181. The molecule has 4 N–H and O–H groups in total. The van der Waals surface area contributed by atoms with Gasteiger partial charge >= 0.3 is 0 Å². The summed E-state index contributed by atoms with van der Waals surface area (Å²) in [5, 5.41) is 15.5. The minimum absolute atomic E-state index is 0.0937. The van der Waals surface area contributed by atoms with Crippen LogP contribution in [0.25, 0.3) is 0 Å². The van der Waals surface area contributed by atoms with Gasteiger partial charge in [0.2, 0.25) is 17.7 Å². The number of hydrogen-bond acceptors (Lipinski definition) is 7. The minimum atomic E-state index is -0.833.